The lowest BCUT2D eigenvalue weighted by atomic mass is 10.0. The summed E-state index contributed by atoms with van der Waals surface area (Å²) in [5, 5.41) is 12.5. The topological polar surface area (TPSA) is 65.4 Å². The van der Waals surface area contributed by atoms with Gasteiger partial charge in [-0.15, -0.1) is 0 Å². The Morgan fingerprint density at radius 1 is 1.32 bits per heavy atom. The summed E-state index contributed by atoms with van der Waals surface area (Å²) < 4.78 is 5.38. The van der Waals surface area contributed by atoms with Crippen molar-refractivity contribution in [2.75, 3.05) is 19.6 Å². The van der Waals surface area contributed by atoms with Crippen LogP contribution < -0.4 is 5.32 Å². The number of amides is 1. The zero-order chi connectivity index (χ0) is 16.8. The van der Waals surface area contributed by atoms with E-state index in [1.807, 2.05) is 34.6 Å². The summed E-state index contributed by atoms with van der Waals surface area (Å²) in [5.74, 6) is 0. The number of likely N-dealkylation sites (tertiary alicyclic amines) is 1. The predicted molar refractivity (Wildman–Crippen MR) is 87.5 cm³/mol. The second-order valence-corrected chi connectivity index (χ2v) is 7.01. The number of nitrogens with zero attached hydrogens (tertiary/aromatic N) is 2. The normalized spacial score (nSPS) is 20.5. The average molecular weight is 309 g/mol. The average Bonchev–Trinajstić information content (AvgIpc) is 3.27. The van der Waals surface area contributed by atoms with Crippen molar-refractivity contribution in [1.29, 1.82) is 5.26 Å². The third-order valence-corrected chi connectivity index (χ3v) is 3.97. The van der Waals surface area contributed by atoms with Crippen LogP contribution in [0.25, 0.3) is 0 Å². The Bertz CT molecular complexity index is 397. The Hall–Kier alpha value is -1.28. The fourth-order valence-electron chi connectivity index (χ4n) is 2.41. The third-order valence-electron chi connectivity index (χ3n) is 3.97. The van der Waals surface area contributed by atoms with Gasteiger partial charge in [0, 0.05) is 25.7 Å². The first kappa shape index (κ1) is 18.8. The summed E-state index contributed by atoms with van der Waals surface area (Å²) >= 11 is 0. The Kier molecular flexibility index (Phi) is 6.67. The van der Waals surface area contributed by atoms with Crippen molar-refractivity contribution in [3.8, 4) is 6.07 Å². The lowest BCUT2D eigenvalue weighted by Crippen LogP contribution is -2.47. The van der Waals surface area contributed by atoms with Gasteiger partial charge in [-0.1, -0.05) is 13.8 Å². The second kappa shape index (κ2) is 7.82. The molecule has 1 saturated carbocycles. The van der Waals surface area contributed by atoms with E-state index in [0.29, 0.717) is 6.04 Å². The molecule has 2 rings (SSSR count). The summed E-state index contributed by atoms with van der Waals surface area (Å²) in [7, 11) is 0. The molecule has 0 unspecified atom stereocenters. The van der Waals surface area contributed by atoms with Crippen LogP contribution in [0.15, 0.2) is 0 Å². The highest BCUT2D eigenvalue weighted by atomic mass is 16.6. The number of hydrogen-bond donors (Lipinski definition) is 1. The molecule has 1 amide bonds. The standard InChI is InChI=1S/C15H25N3O2.C2H6/c1-14(2,3)20-13(19)18-8-4-12(5-9-18)17-11-15(10-16)6-7-15;1-2/h12,17H,4-9,11H2,1-3H3;1-2H3. The molecular formula is C17H31N3O2. The van der Waals surface area contributed by atoms with Crippen LogP contribution in [0.5, 0.6) is 0 Å². The molecule has 1 N–H and O–H groups in total. The van der Waals surface area contributed by atoms with Gasteiger partial charge in [0.25, 0.3) is 0 Å². The molecule has 1 heterocycles. The Balaban J connectivity index is 0.00000116. The van der Waals surface area contributed by atoms with Crippen LogP contribution in [-0.4, -0.2) is 42.3 Å². The first-order valence-electron chi connectivity index (χ1n) is 8.46. The zero-order valence-corrected chi connectivity index (χ0v) is 14.7. The maximum atomic E-state index is 11.9. The van der Waals surface area contributed by atoms with Gasteiger partial charge in [-0.3, -0.25) is 0 Å². The fraction of sp³-hybridized carbons (Fsp3) is 0.882. The van der Waals surface area contributed by atoms with Crippen LogP contribution in [0.1, 0.15) is 60.3 Å². The molecule has 1 saturated heterocycles. The van der Waals surface area contributed by atoms with E-state index >= 15 is 0 Å². The van der Waals surface area contributed by atoms with Crippen LogP contribution in [0, 0.1) is 16.7 Å². The van der Waals surface area contributed by atoms with Gasteiger partial charge < -0.3 is 15.0 Å². The number of nitrogens with one attached hydrogen (secondary N) is 1. The Labute approximate surface area is 135 Å². The lowest BCUT2D eigenvalue weighted by Gasteiger charge is -2.34. The highest BCUT2D eigenvalue weighted by molar-refractivity contribution is 5.68. The molecule has 0 radical (unpaired) electrons. The maximum Gasteiger partial charge on any atom is 0.410 e. The van der Waals surface area contributed by atoms with E-state index in [9.17, 15) is 4.79 Å². The predicted octanol–water partition coefficient (Wildman–Crippen LogP) is 3.31. The Morgan fingerprint density at radius 2 is 1.86 bits per heavy atom. The van der Waals surface area contributed by atoms with Crippen LogP contribution in [0.2, 0.25) is 0 Å². The number of carbonyl (C=O) groups excluding carboxylic acids is 1. The summed E-state index contributed by atoms with van der Waals surface area (Å²) in [4.78, 5) is 13.7. The molecule has 0 aromatic heterocycles. The van der Waals surface area contributed by atoms with Crippen molar-refractivity contribution in [3.05, 3.63) is 0 Å². The summed E-state index contributed by atoms with van der Waals surface area (Å²) in [6.45, 7) is 11.9. The first-order chi connectivity index (χ1) is 10.3. The Morgan fingerprint density at radius 3 is 2.27 bits per heavy atom. The molecule has 5 heteroatoms. The maximum absolute atomic E-state index is 11.9. The minimum absolute atomic E-state index is 0.0949. The summed E-state index contributed by atoms with van der Waals surface area (Å²) in [5.41, 5.74) is -0.528. The van der Waals surface area contributed by atoms with E-state index in [-0.39, 0.29) is 11.5 Å². The van der Waals surface area contributed by atoms with Crippen LogP contribution in [0.4, 0.5) is 4.79 Å². The van der Waals surface area contributed by atoms with Crippen LogP contribution in [-0.2, 0) is 4.74 Å². The minimum atomic E-state index is -0.433. The SMILES string of the molecule is CC.CC(C)(C)OC(=O)N1CCC(NCC2(C#N)CC2)CC1. The molecule has 1 aliphatic carbocycles. The fourth-order valence-corrected chi connectivity index (χ4v) is 2.41. The molecule has 0 bridgehead atoms. The van der Waals surface area contributed by atoms with Gasteiger partial charge in [0.05, 0.1) is 11.5 Å². The molecule has 0 spiro atoms. The zero-order valence-electron chi connectivity index (χ0n) is 14.7. The number of piperidine rings is 1. The minimum Gasteiger partial charge on any atom is -0.444 e. The number of rotatable bonds is 3. The van der Waals surface area contributed by atoms with Gasteiger partial charge in [0.15, 0.2) is 0 Å². The van der Waals surface area contributed by atoms with Gasteiger partial charge in [0.1, 0.15) is 5.60 Å². The van der Waals surface area contributed by atoms with Gasteiger partial charge in [-0.25, -0.2) is 4.79 Å². The first-order valence-corrected chi connectivity index (χ1v) is 8.46. The van der Waals surface area contributed by atoms with Crippen molar-refractivity contribution in [2.45, 2.75) is 71.9 Å². The lowest BCUT2D eigenvalue weighted by molar-refractivity contribution is 0.0198. The molecule has 2 aliphatic rings. The van der Waals surface area contributed by atoms with E-state index in [1.54, 1.807) is 4.90 Å². The molecule has 1 aliphatic heterocycles. The van der Waals surface area contributed by atoms with Gasteiger partial charge in [-0.2, -0.15) is 5.26 Å². The van der Waals surface area contributed by atoms with Gasteiger partial charge in [-0.05, 0) is 46.5 Å². The monoisotopic (exact) mass is 309 g/mol. The van der Waals surface area contributed by atoms with E-state index in [0.717, 1.165) is 45.3 Å². The molecule has 0 atom stereocenters. The number of hydrogen-bond acceptors (Lipinski definition) is 4. The van der Waals surface area contributed by atoms with Crippen molar-refractivity contribution in [1.82, 2.24) is 10.2 Å². The molecule has 0 aromatic rings. The number of ether oxygens (including phenoxy) is 1. The molecule has 0 aromatic carbocycles. The summed E-state index contributed by atoms with van der Waals surface area (Å²) in [6.07, 6.45) is 3.69. The molecule has 22 heavy (non-hydrogen) atoms. The van der Waals surface area contributed by atoms with Crippen LogP contribution >= 0.6 is 0 Å². The molecular weight excluding hydrogens is 278 g/mol. The van der Waals surface area contributed by atoms with Gasteiger partial charge in [0.2, 0.25) is 0 Å². The van der Waals surface area contributed by atoms with Crippen molar-refractivity contribution >= 4 is 6.09 Å². The number of carbonyl (C=O) groups is 1. The molecule has 126 valence electrons. The quantitative estimate of drug-likeness (QED) is 0.868. The van der Waals surface area contributed by atoms with E-state index in [2.05, 4.69) is 11.4 Å². The second-order valence-electron chi connectivity index (χ2n) is 7.01. The highest BCUT2D eigenvalue weighted by Gasteiger charge is 2.43. The highest BCUT2D eigenvalue weighted by Crippen LogP contribution is 2.44. The van der Waals surface area contributed by atoms with Gasteiger partial charge >= 0.3 is 6.09 Å². The van der Waals surface area contributed by atoms with E-state index in [1.165, 1.54) is 0 Å². The molecule has 5 nitrogen and oxygen atoms in total. The molecule has 2 fully saturated rings. The third kappa shape index (κ3) is 5.84. The van der Waals surface area contributed by atoms with Crippen molar-refractivity contribution in [2.24, 2.45) is 5.41 Å². The van der Waals surface area contributed by atoms with E-state index < -0.39 is 5.60 Å². The number of nitriles is 1. The smallest absolute Gasteiger partial charge is 0.410 e. The van der Waals surface area contributed by atoms with E-state index in [4.69, 9.17) is 10.00 Å². The summed E-state index contributed by atoms with van der Waals surface area (Å²) in [6, 6.07) is 2.81. The van der Waals surface area contributed by atoms with Crippen molar-refractivity contribution in [3.63, 3.8) is 0 Å². The van der Waals surface area contributed by atoms with Crippen molar-refractivity contribution < 1.29 is 9.53 Å². The largest absolute Gasteiger partial charge is 0.444 e. The van der Waals surface area contributed by atoms with Crippen LogP contribution in [0.3, 0.4) is 0 Å².